The lowest BCUT2D eigenvalue weighted by Gasteiger charge is -2.36. The summed E-state index contributed by atoms with van der Waals surface area (Å²) in [4.78, 5) is 1.90. The topological polar surface area (TPSA) is 63.2 Å². The van der Waals surface area contributed by atoms with Crippen molar-refractivity contribution < 1.29 is 26.6 Å². The maximum Gasteiger partial charge on any atom is 0.673 e. The van der Waals surface area contributed by atoms with E-state index in [4.69, 9.17) is 15.6 Å². The van der Waals surface area contributed by atoms with Crippen molar-refractivity contribution in [2.45, 2.75) is 12.0 Å². The average molecular weight is 350 g/mol. The first-order chi connectivity index (χ1) is 11.0. The second-order valence-corrected chi connectivity index (χ2v) is 6.25. The van der Waals surface area contributed by atoms with E-state index in [0.717, 1.165) is 12.4 Å². The number of nitrogens with one attached hydrogen (secondary N) is 2. The predicted octanol–water partition coefficient (Wildman–Crippen LogP) is 2.35. The first kappa shape index (κ1) is 20.2. The highest BCUT2D eigenvalue weighted by atomic mass is 19.5. The molecule has 0 saturated heterocycles. The van der Waals surface area contributed by atoms with Crippen molar-refractivity contribution in [1.82, 2.24) is 4.90 Å². The van der Waals surface area contributed by atoms with Gasteiger partial charge in [0.15, 0.2) is 5.60 Å². The summed E-state index contributed by atoms with van der Waals surface area (Å²) in [5, 5.41) is 15.6. The molecule has 0 spiro atoms. The highest BCUT2D eigenvalue weighted by molar-refractivity contribution is 6.50. The van der Waals surface area contributed by atoms with Gasteiger partial charge in [-0.2, -0.15) is 0 Å². The summed E-state index contributed by atoms with van der Waals surface area (Å²) in [5.74, 6) is 0.473. The molecule has 1 saturated carbocycles. The number of rotatable bonds is 3. The molecule has 136 valence electrons. The fourth-order valence-corrected chi connectivity index (χ4v) is 3.28. The number of nitrogens with zero attached hydrogens (tertiary/aromatic N) is 2. The summed E-state index contributed by atoms with van der Waals surface area (Å²) in [5.41, 5.74) is -0.703. The van der Waals surface area contributed by atoms with Crippen LogP contribution >= 0.6 is 0 Å². The number of hydrogen-bond acceptors (Lipinski definition) is 3. The number of halogens is 4. The summed E-state index contributed by atoms with van der Waals surface area (Å²) in [6.07, 6.45) is 8.12. The zero-order valence-corrected chi connectivity index (χ0v) is 14.1. The lowest BCUT2D eigenvalue weighted by atomic mass is 9.80. The van der Waals surface area contributed by atoms with E-state index in [2.05, 4.69) is 12.2 Å². The Labute approximate surface area is 139 Å². The Morgan fingerprint density at radius 2 is 1.79 bits per heavy atom. The summed E-state index contributed by atoms with van der Waals surface area (Å²) < 4.78 is 47.1. The molecule has 1 fully saturated rings. The molecule has 0 amide bonds. The van der Waals surface area contributed by atoms with Crippen LogP contribution in [0, 0.1) is 28.6 Å². The molecular weight excluding hydrogens is 327 g/mol. The molecule has 2 N–H and O–H groups in total. The zero-order valence-electron chi connectivity index (χ0n) is 14.1. The molecule has 2 rings (SSSR count). The minimum absolute atomic E-state index is 0.0464. The second-order valence-electron chi connectivity index (χ2n) is 6.25. The molecule has 0 heterocycles. The lowest BCUT2D eigenvalue weighted by molar-refractivity contribution is -0.482. The van der Waals surface area contributed by atoms with Crippen molar-refractivity contribution >= 4 is 25.7 Å². The van der Waals surface area contributed by atoms with Crippen molar-refractivity contribution in [3.05, 3.63) is 12.2 Å². The minimum Gasteiger partial charge on any atom is -0.418 e. The monoisotopic (exact) mass is 350 g/mol. The van der Waals surface area contributed by atoms with Gasteiger partial charge in [-0.05, 0) is 12.3 Å². The molecule has 4 atom stereocenters. The van der Waals surface area contributed by atoms with E-state index < -0.39 is 12.9 Å². The molecule has 10 heteroatoms. The van der Waals surface area contributed by atoms with Crippen molar-refractivity contribution in [3.8, 4) is 0 Å². The van der Waals surface area contributed by atoms with Crippen molar-refractivity contribution in [2.75, 3.05) is 28.2 Å². The highest BCUT2D eigenvalue weighted by Crippen LogP contribution is 2.51. The molecule has 2 bridgehead atoms. The van der Waals surface area contributed by atoms with Gasteiger partial charge in [-0.1, -0.05) is 12.2 Å². The molecule has 2 aliphatic carbocycles. The molecule has 24 heavy (non-hydrogen) atoms. The third-order valence-electron chi connectivity index (χ3n) is 4.12. The third-order valence-corrected chi connectivity index (χ3v) is 4.12. The van der Waals surface area contributed by atoms with Gasteiger partial charge >= 0.3 is 13.3 Å². The number of allylic oxidation sites excluding steroid dienone is 1. The SMILES string of the molecule is CN(C)C(OC1(C=N)C2C=CC(C2)C1C=N)=[N+](C)C.F[B-](F)(F)F. The third kappa shape index (κ3) is 4.36. The number of hydrogen-bond donors (Lipinski definition) is 2. The van der Waals surface area contributed by atoms with Crippen LogP contribution in [0.3, 0.4) is 0 Å². The van der Waals surface area contributed by atoms with Crippen LogP contribution in [0.5, 0.6) is 0 Å². The second kappa shape index (κ2) is 7.35. The first-order valence-electron chi connectivity index (χ1n) is 7.44. The molecule has 4 unspecified atom stereocenters. The Hall–Kier alpha value is -1.87. The van der Waals surface area contributed by atoms with E-state index in [9.17, 15) is 17.3 Å². The molecule has 0 aromatic carbocycles. The van der Waals surface area contributed by atoms with Gasteiger partial charge in [0.2, 0.25) is 0 Å². The molecule has 0 radical (unpaired) electrons. The summed E-state index contributed by atoms with van der Waals surface area (Å²) in [6, 6.07) is 0.719. The van der Waals surface area contributed by atoms with Gasteiger partial charge in [-0.15, -0.1) is 0 Å². The fraction of sp³-hybridized carbons (Fsp3) is 0.643. The van der Waals surface area contributed by atoms with E-state index in [1.54, 1.807) is 0 Å². The van der Waals surface area contributed by atoms with Gasteiger partial charge in [0.05, 0.1) is 28.2 Å². The minimum atomic E-state index is -6.00. The molecule has 2 aliphatic rings. The van der Waals surface area contributed by atoms with Crippen LogP contribution in [0.25, 0.3) is 0 Å². The van der Waals surface area contributed by atoms with Gasteiger partial charge in [-0.3, -0.25) is 0 Å². The predicted molar refractivity (Wildman–Crippen MR) is 86.6 cm³/mol. The normalized spacial score (nSPS) is 30.2. The van der Waals surface area contributed by atoms with Gasteiger partial charge in [0.25, 0.3) is 0 Å². The quantitative estimate of drug-likeness (QED) is 0.205. The smallest absolute Gasteiger partial charge is 0.418 e. The van der Waals surface area contributed by atoms with Crippen LogP contribution in [0.4, 0.5) is 17.3 Å². The molecule has 0 aliphatic heterocycles. The van der Waals surface area contributed by atoms with E-state index in [1.165, 1.54) is 12.4 Å². The molecule has 0 aromatic rings. The molecule has 0 aromatic heterocycles. The Bertz CT molecular complexity index is 539. The Morgan fingerprint density at radius 1 is 1.25 bits per heavy atom. The van der Waals surface area contributed by atoms with Crippen LogP contribution in [-0.2, 0) is 4.74 Å². The van der Waals surface area contributed by atoms with Gasteiger partial charge in [-0.25, -0.2) is 9.48 Å². The Balaban J connectivity index is 0.000000505. The number of ether oxygens (including phenoxy) is 1. The van der Waals surface area contributed by atoms with E-state index in [1.807, 2.05) is 37.7 Å². The van der Waals surface area contributed by atoms with Gasteiger partial charge < -0.3 is 32.8 Å². The van der Waals surface area contributed by atoms with Crippen LogP contribution in [0.15, 0.2) is 12.2 Å². The molecular formula is C14H23BF4N4O. The average Bonchev–Trinajstić information content (AvgIpc) is 3.01. The van der Waals surface area contributed by atoms with Crippen molar-refractivity contribution in [2.24, 2.45) is 17.8 Å². The van der Waals surface area contributed by atoms with Crippen LogP contribution < -0.4 is 0 Å². The summed E-state index contributed by atoms with van der Waals surface area (Å²) in [6.45, 7) is 0. The van der Waals surface area contributed by atoms with E-state index in [0.29, 0.717) is 5.92 Å². The van der Waals surface area contributed by atoms with Crippen LogP contribution in [-0.4, -0.2) is 69.0 Å². The standard InChI is InChI=1S/C14H23N4O.BF4/c1-17(2)13(18(3)4)19-14(9-16)11-6-5-10(7-11)12(14)8-15;2-1(3,4)5/h5-6,8-12,15-16H,7H2,1-4H3;/q+1;-1. The summed E-state index contributed by atoms with van der Waals surface area (Å²) >= 11 is 0. The van der Waals surface area contributed by atoms with Crippen LogP contribution in [0.2, 0.25) is 0 Å². The Kier molecular flexibility index (Phi) is 6.18. The number of amidine groups is 1. The van der Waals surface area contributed by atoms with Crippen molar-refractivity contribution in [3.63, 3.8) is 0 Å². The maximum absolute atomic E-state index is 9.75. The molecule has 5 nitrogen and oxygen atoms in total. The summed E-state index contributed by atoms with van der Waals surface area (Å²) in [7, 11) is 1.70. The van der Waals surface area contributed by atoms with Crippen molar-refractivity contribution in [1.29, 1.82) is 10.8 Å². The zero-order chi connectivity index (χ0) is 18.7. The maximum atomic E-state index is 9.75. The lowest BCUT2D eigenvalue weighted by Crippen LogP contribution is -2.51. The first-order valence-corrected chi connectivity index (χ1v) is 7.44. The largest absolute Gasteiger partial charge is 0.673 e. The van der Waals surface area contributed by atoms with Gasteiger partial charge in [0.1, 0.15) is 0 Å². The van der Waals surface area contributed by atoms with E-state index >= 15 is 0 Å². The fourth-order valence-electron chi connectivity index (χ4n) is 3.28. The Morgan fingerprint density at radius 3 is 2.17 bits per heavy atom. The van der Waals surface area contributed by atoms with Crippen LogP contribution in [0.1, 0.15) is 6.42 Å². The number of fused-ring (bicyclic) bond motifs is 2. The van der Waals surface area contributed by atoms with E-state index in [-0.39, 0.29) is 11.8 Å². The highest BCUT2D eigenvalue weighted by Gasteiger charge is 2.58. The van der Waals surface area contributed by atoms with Gasteiger partial charge in [0, 0.05) is 24.3 Å².